The van der Waals surface area contributed by atoms with E-state index in [0.717, 1.165) is 11.1 Å². The van der Waals surface area contributed by atoms with Crippen LogP contribution in [0.5, 0.6) is 0 Å². The van der Waals surface area contributed by atoms with Crippen molar-refractivity contribution >= 4 is 0 Å². The summed E-state index contributed by atoms with van der Waals surface area (Å²) in [6, 6.07) is 14.2. The van der Waals surface area contributed by atoms with Crippen LogP contribution in [0.2, 0.25) is 0 Å². The molecule has 1 atom stereocenters. The van der Waals surface area contributed by atoms with Crippen molar-refractivity contribution < 1.29 is 0 Å². The van der Waals surface area contributed by atoms with Crippen LogP contribution in [0.3, 0.4) is 0 Å². The molecule has 1 heterocycles. The van der Waals surface area contributed by atoms with Gasteiger partial charge in [0.1, 0.15) is 6.04 Å². The standard InChI is InChI=1S/C18H21N3/c1-18(2,3)16-6-4-15(5-7-16)17(12-19)21-13-14-8-10-20-11-9-14/h4-11,17,21H,13H2,1-3H3. The van der Waals surface area contributed by atoms with Crippen LogP contribution >= 0.6 is 0 Å². The number of nitrogens with one attached hydrogen (secondary N) is 1. The third-order valence-corrected chi connectivity index (χ3v) is 3.50. The molecule has 0 spiro atoms. The smallest absolute Gasteiger partial charge is 0.121 e. The average molecular weight is 279 g/mol. The molecule has 0 aliphatic carbocycles. The average Bonchev–Trinajstić information content (AvgIpc) is 2.48. The van der Waals surface area contributed by atoms with E-state index in [1.807, 2.05) is 24.3 Å². The second-order valence-corrected chi connectivity index (χ2v) is 6.17. The zero-order valence-electron chi connectivity index (χ0n) is 12.8. The highest BCUT2D eigenvalue weighted by Crippen LogP contribution is 2.24. The number of hydrogen-bond donors (Lipinski definition) is 1. The molecule has 1 aromatic heterocycles. The van der Waals surface area contributed by atoms with Gasteiger partial charge in [0.25, 0.3) is 0 Å². The third kappa shape index (κ3) is 4.14. The Morgan fingerprint density at radius 1 is 1.10 bits per heavy atom. The fraction of sp³-hybridized carbons (Fsp3) is 0.333. The van der Waals surface area contributed by atoms with Gasteiger partial charge in [-0.15, -0.1) is 0 Å². The van der Waals surface area contributed by atoms with Crippen LogP contribution in [0, 0.1) is 11.3 Å². The summed E-state index contributed by atoms with van der Waals surface area (Å²) in [5.41, 5.74) is 3.53. The summed E-state index contributed by atoms with van der Waals surface area (Å²) >= 11 is 0. The second-order valence-electron chi connectivity index (χ2n) is 6.17. The first-order chi connectivity index (χ1) is 10.0. The van der Waals surface area contributed by atoms with Crippen molar-refractivity contribution in [1.82, 2.24) is 10.3 Å². The van der Waals surface area contributed by atoms with Crippen LogP contribution in [-0.4, -0.2) is 4.98 Å². The van der Waals surface area contributed by atoms with Crippen LogP contribution in [0.4, 0.5) is 0 Å². The molecule has 1 unspecified atom stereocenters. The van der Waals surface area contributed by atoms with Crippen LogP contribution in [0.25, 0.3) is 0 Å². The highest BCUT2D eigenvalue weighted by molar-refractivity contribution is 5.31. The van der Waals surface area contributed by atoms with Gasteiger partial charge < -0.3 is 0 Å². The van der Waals surface area contributed by atoms with Crippen LogP contribution in [-0.2, 0) is 12.0 Å². The van der Waals surface area contributed by atoms with E-state index in [-0.39, 0.29) is 11.5 Å². The van der Waals surface area contributed by atoms with Gasteiger partial charge in [-0.2, -0.15) is 5.26 Å². The molecule has 0 saturated carbocycles. The molecular formula is C18H21N3. The summed E-state index contributed by atoms with van der Waals surface area (Å²) in [7, 11) is 0. The number of hydrogen-bond acceptors (Lipinski definition) is 3. The lowest BCUT2D eigenvalue weighted by atomic mass is 9.86. The highest BCUT2D eigenvalue weighted by Gasteiger charge is 2.15. The SMILES string of the molecule is CC(C)(C)c1ccc(C(C#N)NCc2ccncc2)cc1. The topological polar surface area (TPSA) is 48.7 Å². The number of aromatic nitrogens is 1. The quantitative estimate of drug-likeness (QED) is 0.927. The summed E-state index contributed by atoms with van der Waals surface area (Å²) in [4.78, 5) is 3.99. The fourth-order valence-corrected chi connectivity index (χ4v) is 2.13. The van der Waals surface area contributed by atoms with Gasteiger partial charge >= 0.3 is 0 Å². The Labute approximate surface area is 126 Å². The Bertz CT molecular complexity index is 604. The summed E-state index contributed by atoms with van der Waals surface area (Å²) in [5, 5.41) is 12.6. The van der Waals surface area contributed by atoms with Crippen LogP contribution in [0.1, 0.15) is 43.5 Å². The first-order valence-electron chi connectivity index (χ1n) is 7.13. The monoisotopic (exact) mass is 279 g/mol. The van der Waals surface area contributed by atoms with Gasteiger partial charge in [-0.05, 0) is 34.2 Å². The Balaban J connectivity index is 2.06. The molecule has 0 aliphatic heterocycles. The Morgan fingerprint density at radius 2 is 1.71 bits per heavy atom. The predicted molar refractivity (Wildman–Crippen MR) is 84.6 cm³/mol. The summed E-state index contributed by atoms with van der Waals surface area (Å²) < 4.78 is 0. The van der Waals surface area contributed by atoms with E-state index in [1.165, 1.54) is 5.56 Å². The van der Waals surface area contributed by atoms with E-state index in [0.29, 0.717) is 6.54 Å². The van der Waals surface area contributed by atoms with Gasteiger partial charge in [-0.25, -0.2) is 0 Å². The van der Waals surface area contributed by atoms with Gasteiger partial charge in [0.15, 0.2) is 0 Å². The van der Waals surface area contributed by atoms with E-state index in [9.17, 15) is 5.26 Å². The molecule has 0 amide bonds. The Kier molecular flexibility index (Phi) is 4.72. The number of nitrogens with zero attached hydrogens (tertiary/aromatic N) is 2. The molecule has 1 aromatic carbocycles. The first kappa shape index (κ1) is 15.2. The molecule has 108 valence electrons. The second kappa shape index (κ2) is 6.51. The fourth-order valence-electron chi connectivity index (χ4n) is 2.13. The molecule has 1 N–H and O–H groups in total. The molecule has 21 heavy (non-hydrogen) atoms. The Hall–Kier alpha value is -2.18. The van der Waals surface area contributed by atoms with E-state index in [1.54, 1.807) is 12.4 Å². The van der Waals surface area contributed by atoms with Crippen molar-refractivity contribution in [3.8, 4) is 6.07 Å². The van der Waals surface area contributed by atoms with Crippen molar-refractivity contribution in [2.24, 2.45) is 0 Å². The number of pyridine rings is 1. The highest BCUT2D eigenvalue weighted by atomic mass is 14.9. The number of benzene rings is 1. The number of rotatable bonds is 4. The molecule has 2 rings (SSSR count). The summed E-state index contributed by atoms with van der Waals surface area (Å²) in [6.45, 7) is 7.21. The maximum absolute atomic E-state index is 9.36. The zero-order valence-corrected chi connectivity index (χ0v) is 12.8. The van der Waals surface area contributed by atoms with Crippen LogP contribution < -0.4 is 5.32 Å². The molecule has 0 aliphatic rings. The first-order valence-corrected chi connectivity index (χ1v) is 7.13. The summed E-state index contributed by atoms with van der Waals surface area (Å²) in [5.74, 6) is 0. The minimum Gasteiger partial charge on any atom is -0.294 e. The van der Waals surface area contributed by atoms with E-state index in [4.69, 9.17) is 0 Å². The lowest BCUT2D eigenvalue weighted by Crippen LogP contribution is -2.20. The molecule has 0 bridgehead atoms. The maximum Gasteiger partial charge on any atom is 0.121 e. The third-order valence-electron chi connectivity index (χ3n) is 3.50. The lowest BCUT2D eigenvalue weighted by molar-refractivity contribution is 0.588. The molecular weight excluding hydrogens is 258 g/mol. The minimum atomic E-state index is -0.299. The predicted octanol–water partition coefficient (Wildman–Crippen LogP) is 3.73. The van der Waals surface area contributed by atoms with E-state index >= 15 is 0 Å². The normalized spacial score (nSPS) is 12.7. The number of nitriles is 1. The van der Waals surface area contributed by atoms with Crippen molar-refractivity contribution in [2.75, 3.05) is 0 Å². The molecule has 0 saturated heterocycles. The van der Waals surface area contributed by atoms with E-state index in [2.05, 4.69) is 49.3 Å². The van der Waals surface area contributed by atoms with Crippen molar-refractivity contribution in [3.63, 3.8) is 0 Å². The van der Waals surface area contributed by atoms with Gasteiger partial charge in [0, 0.05) is 18.9 Å². The van der Waals surface area contributed by atoms with E-state index < -0.39 is 0 Å². The maximum atomic E-state index is 9.36. The lowest BCUT2D eigenvalue weighted by Gasteiger charge is -2.20. The minimum absolute atomic E-state index is 0.130. The molecule has 3 heteroatoms. The molecule has 3 nitrogen and oxygen atoms in total. The van der Waals surface area contributed by atoms with Crippen molar-refractivity contribution in [3.05, 3.63) is 65.5 Å². The van der Waals surface area contributed by atoms with Gasteiger partial charge in [0.05, 0.1) is 6.07 Å². The van der Waals surface area contributed by atoms with Gasteiger partial charge in [0.2, 0.25) is 0 Å². The molecule has 2 aromatic rings. The Morgan fingerprint density at radius 3 is 2.24 bits per heavy atom. The van der Waals surface area contributed by atoms with Crippen molar-refractivity contribution in [2.45, 2.75) is 38.8 Å². The summed E-state index contributed by atoms with van der Waals surface area (Å²) in [6.07, 6.45) is 3.52. The molecule has 0 fully saturated rings. The zero-order chi connectivity index (χ0) is 15.3. The van der Waals surface area contributed by atoms with Gasteiger partial charge in [-0.1, -0.05) is 45.0 Å². The molecule has 0 radical (unpaired) electrons. The largest absolute Gasteiger partial charge is 0.294 e. The van der Waals surface area contributed by atoms with Crippen LogP contribution in [0.15, 0.2) is 48.8 Å². The van der Waals surface area contributed by atoms with Crippen molar-refractivity contribution in [1.29, 1.82) is 5.26 Å². The van der Waals surface area contributed by atoms with Gasteiger partial charge in [-0.3, -0.25) is 10.3 Å².